The largest absolute Gasteiger partial charge is 0.368 e. The Morgan fingerprint density at radius 1 is 1.00 bits per heavy atom. The zero-order chi connectivity index (χ0) is 17.9. The average Bonchev–Trinajstić information content (AvgIpc) is 3.23. The van der Waals surface area contributed by atoms with Crippen LogP contribution in [-0.2, 0) is 0 Å². The van der Waals surface area contributed by atoms with Gasteiger partial charge in [0.1, 0.15) is 5.82 Å². The van der Waals surface area contributed by atoms with Crippen LogP contribution < -0.4 is 4.90 Å². The molecular weight excluding hydrogens is 333 g/mol. The second-order valence-corrected chi connectivity index (χ2v) is 6.11. The van der Waals surface area contributed by atoms with Gasteiger partial charge in [-0.15, -0.1) is 0 Å². The Morgan fingerprint density at radius 3 is 2.38 bits per heavy atom. The number of benzene rings is 1. The van der Waals surface area contributed by atoms with Gasteiger partial charge in [0.2, 0.25) is 0 Å². The van der Waals surface area contributed by atoms with Crippen LogP contribution in [0.3, 0.4) is 0 Å². The maximum atomic E-state index is 13.0. The van der Waals surface area contributed by atoms with Crippen LogP contribution >= 0.6 is 0 Å². The van der Waals surface area contributed by atoms with Crippen LogP contribution in [0.5, 0.6) is 0 Å². The monoisotopic (exact) mass is 351 g/mol. The van der Waals surface area contributed by atoms with Gasteiger partial charge < -0.3 is 9.80 Å². The summed E-state index contributed by atoms with van der Waals surface area (Å²) in [5, 5.41) is 4.12. The molecule has 1 amide bonds. The molecule has 0 aliphatic carbocycles. The number of carbonyl (C=O) groups is 1. The molecular formula is C19H18FN5O. The second-order valence-electron chi connectivity index (χ2n) is 6.11. The molecule has 1 saturated heterocycles. The molecule has 0 N–H and O–H groups in total. The normalized spacial score (nSPS) is 14.5. The molecule has 7 heteroatoms. The van der Waals surface area contributed by atoms with Crippen molar-refractivity contribution in [1.82, 2.24) is 19.7 Å². The third-order valence-corrected chi connectivity index (χ3v) is 4.49. The number of piperazine rings is 1. The van der Waals surface area contributed by atoms with E-state index in [0.29, 0.717) is 24.5 Å². The summed E-state index contributed by atoms with van der Waals surface area (Å²) < 4.78 is 14.7. The van der Waals surface area contributed by atoms with Gasteiger partial charge in [-0.3, -0.25) is 4.79 Å². The first kappa shape index (κ1) is 16.3. The van der Waals surface area contributed by atoms with Gasteiger partial charge in [0, 0.05) is 50.5 Å². The van der Waals surface area contributed by atoms with Crippen LogP contribution in [0.25, 0.3) is 5.82 Å². The molecule has 6 nitrogen and oxygen atoms in total. The van der Waals surface area contributed by atoms with E-state index in [1.165, 1.54) is 12.1 Å². The molecule has 0 saturated carbocycles. The molecule has 0 spiro atoms. The molecule has 1 fully saturated rings. The van der Waals surface area contributed by atoms with Gasteiger partial charge in [-0.25, -0.2) is 14.1 Å². The number of rotatable bonds is 3. The minimum atomic E-state index is -0.242. The Morgan fingerprint density at radius 2 is 1.77 bits per heavy atom. The fraction of sp³-hybridized carbons (Fsp3) is 0.211. The summed E-state index contributed by atoms with van der Waals surface area (Å²) >= 11 is 0. The summed E-state index contributed by atoms with van der Waals surface area (Å²) in [6.45, 7) is 2.68. The van der Waals surface area contributed by atoms with Crippen molar-refractivity contribution in [1.29, 1.82) is 0 Å². The lowest BCUT2D eigenvalue weighted by Gasteiger charge is -2.36. The van der Waals surface area contributed by atoms with Crippen LogP contribution in [-0.4, -0.2) is 51.8 Å². The zero-order valence-corrected chi connectivity index (χ0v) is 14.1. The Bertz CT molecular complexity index is 869. The maximum Gasteiger partial charge on any atom is 0.255 e. The molecule has 0 atom stereocenters. The van der Waals surface area contributed by atoms with E-state index >= 15 is 0 Å². The van der Waals surface area contributed by atoms with Crippen molar-refractivity contribution in [3.63, 3.8) is 0 Å². The molecule has 132 valence electrons. The predicted octanol–water partition coefficient (Wildman–Crippen LogP) is 2.37. The van der Waals surface area contributed by atoms with E-state index in [2.05, 4.69) is 15.0 Å². The lowest BCUT2D eigenvalue weighted by molar-refractivity contribution is 0.0746. The van der Waals surface area contributed by atoms with Gasteiger partial charge in [-0.05, 0) is 42.5 Å². The predicted molar refractivity (Wildman–Crippen MR) is 95.9 cm³/mol. The van der Waals surface area contributed by atoms with Crippen molar-refractivity contribution >= 4 is 11.6 Å². The third-order valence-electron chi connectivity index (χ3n) is 4.49. The van der Waals surface area contributed by atoms with Crippen molar-refractivity contribution in [3.8, 4) is 5.82 Å². The van der Waals surface area contributed by atoms with E-state index in [4.69, 9.17) is 0 Å². The first-order valence-electron chi connectivity index (χ1n) is 8.46. The smallest absolute Gasteiger partial charge is 0.255 e. The number of hydrogen-bond acceptors (Lipinski definition) is 4. The molecule has 0 radical (unpaired) electrons. The summed E-state index contributed by atoms with van der Waals surface area (Å²) in [5.41, 5.74) is 1.54. The lowest BCUT2D eigenvalue weighted by atomic mass is 10.2. The Hall–Kier alpha value is -3.22. The SMILES string of the molecule is O=C(c1ccc(-n2cccn2)nc1)N1CCN(c2ccc(F)cc2)CC1. The number of amides is 1. The second kappa shape index (κ2) is 6.95. The van der Waals surface area contributed by atoms with Crippen molar-refractivity contribution in [2.75, 3.05) is 31.1 Å². The zero-order valence-electron chi connectivity index (χ0n) is 14.1. The molecule has 1 aliphatic rings. The highest BCUT2D eigenvalue weighted by Crippen LogP contribution is 2.18. The van der Waals surface area contributed by atoms with E-state index in [9.17, 15) is 9.18 Å². The fourth-order valence-electron chi connectivity index (χ4n) is 3.05. The van der Waals surface area contributed by atoms with Crippen molar-refractivity contribution in [3.05, 3.63) is 72.4 Å². The van der Waals surface area contributed by atoms with E-state index in [1.54, 1.807) is 47.5 Å². The molecule has 3 heterocycles. The average molecular weight is 351 g/mol. The summed E-state index contributed by atoms with van der Waals surface area (Å²) in [4.78, 5) is 21.0. The third kappa shape index (κ3) is 3.28. The van der Waals surface area contributed by atoms with Gasteiger partial charge in [-0.2, -0.15) is 5.10 Å². The fourth-order valence-corrected chi connectivity index (χ4v) is 3.05. The van der Waals surface area contributed by atoms with Crippen LogP contribution in [0, 0.1) is 5.82 Å². The highest BCUT2D eigenvalue weighted by molar-refractivity contribution is 5.94. The van der Waals surface area contributed by atoms with Gasteiger partial charge in [0.25, 0.3) is 5.91 Å². The number of carbonyl (C=O) groups excluding carboxylic acids is 1. The Balaban J connectivity index is 1.39. The standard InChI is InChI=1S/C19H18FN5O/c20-16-3-5-17(6-4-16)23-10-12-24(13-11-23)19(26)15-2-7-18(21-14-15)25-9-1-8-22-25/h1-9,14H,10-13H2. The number of nitrogens with zero attached hydrogens (tertiary/aromatic N) is 5. The number of halogens is 1. The summed E-state index contributed by atoms with van der Waals surface area (Å²) in [7, 11) is 0. The topological polar surface area (TPSA) is 54.3 Å². The van der Waals surface area contributed by atoms with Crippen LogP contribution in [0.1, 0.15) is 10.4 Å². The highest BCUT2D eigenvalue weighted by atomic mass is 19.1. The minimum absolute atomic E-state index is 0.0247. The summed E-state index contributed by atoms with van der Waals surface area (Å²) in [6, 6.07) is 11.8. The first-order valence-corrected chi connectivity index (χ1v) is 8.46. The number of pyridine rings is 1. The molecule has 1 aromatic carbocycles. The number of anilines is 1. The van der Waals surface area contributed by atoms with E-state index < -0.39 is 0 Å². The van der Waals surface area contributed by atoms with E-state index in [0.717, 1.165) is 18.8 Å². The van der Waals surface area contributed by atoms with Crippen molar-refractivity contribution < 1.29 is 9.18 Å². The van der Waals surface area contributed by atoms with Crippen LogP contribution in [0.4, 0.5) is 10.1 Å². The quantitative estimate of drug-likeness (QED) is 0.727. The highest BCUT2D eigenvalue weighted by Gasteiger charge is 2.22. The van der Waals surface area contributed by atoms with Gasteiger partial charge in [0.15, 0.2) is 5.82 Å². The van der Waals surface area contributed by atoms with Gasteiger partial charge >= 0.3 is 0 Å². The first-order chi connectivity index (χ1) is 12.7. The van der Waals surface area contributed by atoms with E-state index in [1.807, 2.05) is 11.0 Å². The van der Waals surface area contributed by atoms with Crippen molar-refractivity contribution in [2.45, 2.75) is 0 Å². The van der Waals surface area contributed by atoms with E-state index in [-0.39, 0.29) is 11.7 Å². The minimum Gasteiger partial charge on any atom is -0.368 e. The summed E-state index contributed by atoms with van der Waals surface area (Å²) in [6.07, 6.45) is 5.07. The lowest BCUT2D eigenvalue weighted by Crippen LogP contribution is -2.48. The molecule has 0 unspecified atom stereocenters. The van der Waals surface area contributed by atoms with Gasteiger partial charge in [0.05, 0.1) is 5.56 Å². The number of aromatic nitrogens is 3. The van der Waals surface area contributed by atoms with Crippen molar-refractivity contribution in [2.24, 2.45) is 0 Å². The molecule has 0 bridgehead atoms. The van der Waals surface area contributed by atoms with Crippen LogP contribution in [0.2, 0.25) is 0 Å². The molecule has 3 aromatic rings. The number of hydrogen-bond donors (Lipinski definition) is 0. The maximum absolute atomic E-state index is 13.0. The Labute approximate surface area is 150 Å². The Kier molecular flexibility index (Phi) is 4.35. The van der Waals surface area contributed by atoms with Crippen LogP contribution in [0.15, 0.2) is 61.1 Å². The molecule has 1 aliphatic heterocycles. The summed E-state index contributed by atoms with van der Waals surface area (Å²) in [5.74, 6) is 0.407. The molecule has 26 heavy (non-hydrogen) atoms. The van der Waals surface area contributed by atoms with Gasteiger partial charge in [-0.1, -0.05) is 0 Å². The molecule has 2 aromatic heterocycles. The molecule has 4 rings (SSSR count).